The molecule has 1 aliphatic rings. The van der Waals surface area contributed by atoms with E-state index in [0.717, 1.165) is 27.4 Å². The first-order valence-electron chi connectivity index (χ1n) is 8.38. The number of rotatable bonds is 4. The standard InChI is InChI=1S/C20H17ClN2O3S/c1-25-15-7-6-11(9-16(15)26-2)14-10-17(24)22-19-18(23-27-20(14)19)12-4-3-5-13(21)8-12/h3-9,14H,10H2,1-2H3,(H,22,24). The predicted molar refractivity (Wildman–Crippen MR) is 107 cm³/mol. The molecule has 1 unspecified atom stereocenters. The Morgan fingerprint density at radius 1 is 1.15 bits per heavy atom. The third kappa shape index (κ3) is 3.26. The summed E-state index contributed by atoms with van der Waals surface area (Å²) in [4.78, 5) is 13.4. The fraction of sp³-hybridized carbons (Fsp3) is 0.200. The van der Waals surface area contributed by atoms with E-state index in [0.29, 0.717) is 22.9 Å². The maximum Gasteiger partial charge on any atom is 0.225 e. The second-order valence-electron chi connectivity index (χ2n) is 6.20. The van der Waals surface area contributed by atoms with Crippen molar-refractivity contribution in [3.05, 3.63) is 57.9 Å². The van der Waals surface area contributed by atoms with Gasteiger partial charge in [-0.15, -0.1) is 0 Å². The number of hydrogen-bond acceptors (Lipinski definition) is 5. The van der Waals surface area contributed by atoms with Crippen LogP contribution >= 0.6 is 23.1 Å². The first kappa shape index (κ1) is 17.8. The lowest BCUT2D eigenvalue weighted by Gasteiger charge is -2.23. The van der Waals surface area contributed by atoms with Crippen LogP contribution in [0.15, 0.2) is 42.5 Å². The highest BCUT2D eigenvalue weighted by Gasteiger charge is 2.32. The van der Waals surface area contributed by atoms with Crippen molar-refractivity contribution >= 4 is 34.7 Å². The van der Waals surface area contributed by atoms with Gasteiger partial charge in [-0.3, -0.25) is 4.79 Å². The molecular formula is C20H17ClN2O3S. The van der Waals surface area contributed by atoms with Gasteiger partial charge in [0.2, 0.25) is 5.91 Å². The minimum absolute atomic E-state index is 0.0363. The fourth-order valence-corrected chi connectivity index (χ4v) is 4.46. The molecule has 2 heterocycles. The predicted octanol–water partition coefficient (Wildman–Crippen LogP) is 4.95. The zero-order chi connectivity index (χ0) is 19.0. The summed E-state index contributed by atoms with van der Waals surface area (Å²) >= 11 is 7.52. The van der Waals surface area contributed by atoms with Crippen LogP contribution in [0.4, 0.5) is 5.69 Å². The molecule has 1 N–H and O–H groups in total. The lowest BCUT2D eigenvalue weighted by molar-refractivity contribution is -0.116. The molecule has 1 aliphatic heterocycles. The molecule has 0 fully saturated rings. The van der Waals surface area contributed by atoms with Crippen molar-refractivity contribution in [3.63, 3.8) is 0 Å². The summed E-state index contributed by atoms with van der Waals surface area (Å²) in [7, 11) is 3.20. The Hall–Kier alpha value is -2.57. The average molecular weight is 401 g/mol. The van der Waals surface area contributed by atoms with Crippen molar-refractivity contribution in [1.29, 1.82) is 0 Å². The molecule has 2 aromatic carbocycles. The molecule has 27 heavy (non-hydrogen) atoms. The molecule has 0 aliphatic carbocycles. The van der Waals surface area contributed by atoms with Crippen molar-refractivity contribution in [1.82, 2.24) is 4.37 Å². The van der Waals surface area contributed by atoms with Gasteiger partial charge in [0.25, 0.3) is 0 Å². The second kappa shape index (κ2) is 7.21. The highest BCUT2D eigenvalue weighted by molar-refractivity contribution is 7.07. The number of methoxy groups -OCH3 is 2. The number of nitrogens with zero attached hydrogens (tertiary/aromatic N) is 1. The van der Waals surface area contributed by atoms with Gasteiger partial charge in [0.05, 0.1) is 24.8 Å². The number of halogens is 1. The van der Waals surface area contributed by atoms with Gasteiger partial charge < -0.3 is 14.8 Å². The molecule has 0 spiro atoms. The number of nitrogens with one attached hydrogen (secondary N) is 1. The van der Waals surface area contributed by atoms with Crippen LogP contribution in [0.25, 0.3) is 11.3 Å². The Bertz CT molecular complexity index is 1020. The van der Waals surface area contributed by atoms with E-state index in [1.165, 1.54) is 11.5 Å². The topological polar surface area (TPSA) is 60.5 Å². The summed E-state index contributed by atoms with van der Waals surface area (Å²) in [6.45, 7) is 0. The third-order valence-electron chi connectivity index (χ3n) is 4.60. The number of ether oxygens (including phenoxy) is 2. The maximum absolute atomic E-state index is 12.4. The van der Waals surface area contributed by atoms with E-state index in [-0.39, 0.29) is 11.8 Å². The molecule has 1 atom stereocenters. The maximum atomic E-state index is 12.4. The number of amides is 1. The Balaban J connectivity index is 1.80. The first-order valence-corrected chi connectivity index (χ1v) is 9.53. The molecule has 0 saturated carbocycles. The second-order valence-corrected chi connectivity index (χ2v) is 7.44. The number of anilines is 1. The number of benzene rings is 2. The molecule has 0 radical (unpaired) electrons. The molecule has 0 saturated heterocycles. The summed E-state index contributed by atoms with van der Waals surface area (Å²) in [6, 6.07) is 13.2. The van der Waals surface area contributed by atoms with Gasteiger partial charge in [0.1, 0.15) is 5.69 Å². The minimum atomic E-state index is -0.0843. The van der Waals surface area contributed by atoms with Crippen molar-refractivity contribution in [2.75, 3.05) is 19.5 Å². The van der Waals surface area contributed by atoms with Crippen LogP contribution in [-0.4, -0.2) is 24.5 Å². The Morgan fingerprint density at radius 2 is 1.96 bits per heavy atom. The van der Waals surface area contributed by atoms with Gasteiger partial charge in [-0.25, -0.2) is 0 Å². The zero-order valence-electron chi connectivity index (χ0n) is 14.8. The van der Waals surface area contributed by atoms with Gasteiger partial charge >= 0.3 is 0 Å². The normalized spacial score (nSPS) is 15.8. The van der Waals surface area contributed by atoms with E-state index in [9.17, 15) is 4.79 Å². The summed E-state index contributed by atoms with van der Waals surface area (Å²) in [5, 5.41) is 3.62. The van der Waals surface area contributed by atoms with E-state index < -0.39 is 0 Å². The van der Waals surface area contributed by atoms with Crippen molar-refractivity contribution in [3.8, 4) is 22.8 Å². The molecule has 3 aromatic rings. The SMILES string of the molecule is COc1ccc(C2CC(=O)Nc3c(-c4cccc(Cl)c4)nsc32)cc1OC. The van der Waals surface area contributed by atoms with E-state index in [1.54, 1.807) is 14.2 Å². The van der Waals surface area contributed by atoms with E-state index in [1.807, 2.05) is 42.5 Å². The monoisotopic (exact) mass is 400 g/mol. The molecule has 1 amide bonds. The summed E-state index contributed by atoms with van der Waals surface area (Å²) in [5.41, 5.74) is 3.38. The van der Waals surface area contributed by atoms with Crippen LogP contribution in [0.5, 0.6) is 11.5 Å². The van der Waals surface area contributed by atoms with E-state index >= 15 is 0 Å². The quantitative estimate of drug-likeness (QED) is 0.672. The van der Waals surface area contributed by atoms with E-state index in [4.69, 9.17) is 21.1 Å². The largest absolute Gasteiger partial charge is 0.493 e. The van der Waals surface area contributed by atoms with Gasteiger partial charge in [-0.2, -0.15) is 4.37 Å². The molecule has 0 bridgehead atoms. The molecule has 1 aromatic heterocycles. The minimum Gasteiger partial charge on any atom is -0.493 e. The Kier molecular flexibility index (Phi) is 4.76. The highest BCUT2D eigenvalue weighted by atomic mass is 35.5. The molecule has 4 rings (SSSR count). The van der Waals surface area contributed by atoms with Crippen LogP contribution in [0.3, 0.4) is 0 Å². The van der Waals surface area contributed by atoms with Gasteiger partial charge in [-0.05, 0) is 41.4 Å². The molecule has 5 nitrogen and oxygen atoms in total. The summed E-state index contributed by atoms with van der Waals surface area (Å²) in [6.07, 6.45) is 0.361. The highest BCUT2D eigenvalue weighted by Crippen LogP contribution is 2.46. The van der Waals surface area contributed by atoms with Crippen LogP contribution < -0.4 is 14.8 Å². The van der Waals surface area contributed by atoms with Crippen molar-refractivity contribution in [2.24, 2.45) is 0 Å². The molecule has 138 valence electrons. The number of carbonyl (C=O) groups is 1. The van der Waals surface area contributed by atoms with Crippen LogP contribution in [0, 0.1) is 0 Å². The van der Waals surface area contributed by atoms with Crippen LogP contribution in [-0.2, 0) is 4.79 Å². The number of aromatic nitrogens is 1. The summed E-state index contributed by atoms with van der Waals surface area (Å²) < 4.78 is 15.3. The van der Waals surface area contributed by atoms with Gasteiger partial charge in [0, 0.05) is 22.9 Å². The summed E-state index contributed by atoms with van der Waals surface area (Å²) in [5.74, 6) is 1.18. The number of hydrogen-bond donors (Lipinski definition) is 1. The van der Waals surface area contributed by atoms with Crippen molar-refractivity contribution in [2.45, 2.75) is 12.3 Å². The lowest BCUT2D eigenvalue weighted by Crippen LogP contribution is -2.22. The lowest BCUT2D eigenvalue weighted by atomic mass is 9.89. The molecular weight excluding hydrogens is 384 g/mol. The Labute approximate surface area is 166 Å². The van der Waals surface area contributed by atoms with Gasteiger partial charge in [-0.1, -0.05) is 29.8 Å². The van der Waals surface area contributed by atoms with Gasteiger partial charge in [0.15, 0.2) is 11.5 Å². The average Bonchev–Trinajstić information content (AvgIpc) is 3.10. The molecule has 7 heteroatoms. The zero-order valence-corrected chi connectivity index (χ0v) is 16.4. The Morgan fingerprint density at radius 3 is 2.70 bits per heavy atom. The smallest absolute Gasteiger partial charge is 0.225 e. The third-order valence-corrected chi connectivity index (χ3v) is 5.79. The number of fused-ring (bicyclic) bond motifs is 1. The van der Waals surface area contributed by atoms with Crippen LogP contribution in [0.2, 0.25) is 5.02 Å². The first-order chi connectivity index (χ1) is 13.1. The number of carbonyl (C=O) groups excluding carboxylic acids is 1. The van der Waals surface area contributed by atoms with Crippen LogP contribution in [0.1, 0.15) is 22.8 Å². The van der Waals surface area contributed by atoms with E-state index in [2.05, 4.69) is 9.69 Å². The fourth-order valence-electron chi connectivity index (χ4n) is 3.30. The van der Waals surface area contributed by atoms with Crippen molar-refractivity contribution < 1.29 is 14.3 Å².